The zero-order valence-electron chi connectivity index (χ0n) is 19.1. The van der Waals surface area contributed by atoms with Gasteiger partial charge >= 0.3 is 23.9 Å². The molecule has 0 saturated heterocycles. The molecule has 37 heavy (non-hydrogen) atoms. The van der Waals surface area contributed by atoms with E-state index in [1.54, 1.807) is 6.07 Å². The molecular weight excluding hydrogens is 476 g/mol. The Kier molecular flexibility index (Phi) is 5.56. The number of aromatic carboxylic acids is 4. The van der Waals surface area contributed by atoms with Crippen molar-refractivity contribution in [2.24, 2.45) is 0 Å². The molecule has 4 N–H and O–H groups in total. The lowest BCUT2D eigenvalue weighted by molar-refractivity contribution is 0.0676. The van der Waals surface area contributed by atoms with Crippen molar-refractivity contribution < 1.29 is 39.6 Å². The highest BCUT2D eigenvalue weighted by atomic mass is 16.4. The first-order valence-electron chi connectivity index (χ1n) is 11.1. The highest BCUT2D eigenvalue weighted by Crippen LogP contribution is 2.46. The summed E-state index contributed by atoms with van der Waals surface area (Å²) >= 11 is 0. The van der Waals surface area contributed by atoms with Gasteiger partial charge < -0.3 is 20.4 Å². The third-order valence-corrected chi connectivity index (χ3v) is 6.44. The first-order chi connectivity index (χ1) is 17.6. The number of hydrogen-bond donors (Lipinski definition) is 4. The molecule has 0 heterocycles. The normalized spacial score (nSPS) is 11.5. The number of rotatable bonds is 6. The van der Waals surface area contributed by atoms with Crippen molar-refractivity contribution in [1.29, 1.82) is 0 Å². The molecule has 0 amide bonds. The van der Waals surface area contributed by atoms with E-state index in [1.807, 2.05) is 30.3 Å². The van der Waals surface area contributed by atoms with Crippen LogP contribution in [0.1, 0.15) is 52.6 Å². The quantitative estimate of drug-likeness (QED) is 0.246. The number of hydrogen-bond acceptors (Lipinski definition) is 4. The number of carbonyl (C=O) groups is 4. The third kappa shape index (κ3) is 4.10. The fourth-order valence-electron chi connectivity index (χ4n) is 4.83. The van der Waals surface area contributed by atoms with Crippen molar-refractivity contribution >= 4 is 23.9 Å². The molecule has 8 heteroatoms. The fraction of sp³-hybridized carbons (Fsp3) is 0.0345. The van der Waals surface area contributed by atoms with Gasteiger partial charge in [-0.15, -0.1) is 0 Å². The van der Waals surface area contributed by atoms with Crippen LogP contribution in [0.2, 0.25) is 0 Å². The van der Waals surface area contributed by atoms with Gasteiger partial charge in [-0.25, -0.2) is 19.2 Å². The first kappa shape index (κ1) is 23.5. The Labute approximate surface area is 209 Å². The fourth-order valence-corrected chi connectivity index (χ4v) is 4.83. The van der Waals surface area contributed by atoms with Gasteiger partial charge in [0.15, 0.2) is 0 Å². The number of benzene rings is 4. The average Bonchev–Trinajstić information content (AvgIpc) is 3.26. The molecule has 4 aromatic rings. The van der Waals surface area contributed by atoms with E-state index in [4.69, 9.17) is 0 Å². The smallest absolute Gasteiger partial charge is 0.335 e. The molecule has 1 aliphatic carbocycles. The van der Waals surface area contributed by atoms with E-state index in [0.717, 1.165) is 34.4 Å². The van der Waals surface area contributed by atoms with Crippen LogP contribution in [0, 0.1) is 0 Å². The molecule has 1 aliphatic rings. The van der Waals surface area contributed by atoms with E-state index in [1.165, 1.54) is 24.3 Å². The van der Waals surface area contributed by atoms with Crippen molar-refractivity contribution in [3.63, 3.8) is 0 Å². The van der Waals surface area contributed by atoms with Gasteiger partial charge in [-0.3, -0.25) is 0 Å². The van der Waals surface area contributed by atoms with Crippen LogP contribution in [-0.2, 0) is 6.42 Å². The van der Waals surface area contributed by atoms with Crippen molar-refractivity contribution in [1.82, 2.24) is 0 Å². The molecule has 0 aromatic heterocycles. The van der Waals surface area contributed by atoms with Crippen LogP contribution in [0.25, 0.3) is 33.4 Å². The highest BCUT2D eigenvalue weighted by Gasteiger charge is 2.26. The summed E-state index contributed by atoms with van der Waals surface area (Å²) < 4.78 is 0. The molecule has 0 fully saturated rings. The van der Waals surface area contributed by atoms with Crippen LogP contribution >= 0.6 is 0 Å². The van der Waals surface area contributed by atoms with Crippen LogP contribution in [0.3, 0.4) is 0 Å². The topological polar surface area (TPSA) is 149 Å². The second-order valence-corrected chi connectivity index (χ2v) is 8.67. The number of fused-ring (bicyclic) bond motifs is 3. The maximum Gasteiger partial charge on any atom is 0.335 e. The summed E-state index contributed by atoms with van der Waals surface area (Å²) in [5, 5.41) is 38.5. The Morgan fingerprint density at radius 1 is 0.514 bits per heavy atom. The second-order valence-electron chi connectivity index (χ2n) is 8.67. The molecule has 0 unspecified atom stereocenters. The van der Waals surface area contributed by atoms with Crippen molar-refractivity contribution in [2.45, 2.75) is 6.42 Å². The Morgan fingerprint density at radius 2 is 0.973 bits per heavy atom. The van der Waals surface area contributed by atoms with Crippen molar-refractivity contribution in [2.75, 3.05) is 0 Å². The predicted octanol–water partition coefficient (Wildman–Crippen LogP) is 5.38. The minimum absolute atomic E-state index is 0.223. The monoisotopic (exact) mass is 494 g/mol. The molecule has 8 nitrogen and oxygen atoms in total. The van der Waals surface area contributed by atoms with Crippen LogP contribution in [-0.4, -0.2) is 44.3 Å². The van der Waals surface area contributed by atoms with Crippen LogP contribution in [0.15, 0.2) is 72.8 Å². The largest absolute Gasteiger partial charge is 0.478 e. The lowest BCUT2D eigenvalue weighted by Crippen LogP contribution is -2.05. The molecule has 0 saturated carbocycles. The molecule has 0 bridgehead atoms. The van der Waals surface area contributed by atoms with Gasteiger partial charge in [0.05, 0.1) is 22.3 Å². The van der Waals surface area contributed by atoms with Gasteiger partial charge in [-0.1, -0.05) is 36.4 Å². The lowest BCUT2D eigenvalue weighted by Gasteiger charge is -2.18. The van der Waals surface area contributed by atoms with Crippen LogP contribution < -0.4 is 0 Å². The van der Waals surface area contributed by atoms with Gasteiger partial charge in [0.1, 0.15) is 0 Å². The van der Waals surface area contributed by atoms with Gasteiger partial charge in [-0.05, 0) is 87.3 Å². The van der Waals surface area contributed by atoms with E-state index in [0.29, 0.717) is 28.7 Å². The zero-order chi connectivity index (χ0) is 26.4. The maximum absolute atomic E-state index is 11.8. The summed E-state index contributed by atoms with van der Waals surface area (Å²) in [5.41, 5.74) is 4.35. The molecular formula is C29H18O8. The zero-order valence-corrected chi connectivity index (χ0v) is 19.1. The van der Waals surface area contributed by atoms with Crippen LogP contribution in [0.4, 0.5) is 0 Å². The molecule has 0 spiro atoms. The summed E-state index contributed by atoms with van der Waals surface area (Å²) in [6, 6.07) is 18.8. The van der Waals surface area contributed by atoms with Crippen molar-refractivity contribution in [3.8, 4) is 33.4 Å². The summed E-state index contributed by atoms with van der Waals surface area (Å²) in [6.07, 6.45) is 0.471. The van der Waals surface area contributed by atoms with E-state index >= 15 is 0 Å². The molecule has 5 rings (SSSR count). The SMILES string of the molecule is O=C(O)c1cc(C(=O)O)cc(-c2ccc3c(c2-c2cc(C(=O)O)cc(C(=O)O)c2)Cc2ccccc2-3)c1. The lowest BCUT2D eigenvalue weighted by atomic mass is 9.86. The highest BCUT2D eigenvalue weighted by molar-refractivity contribution is 6.02. The number of carboxylic acid groups (broad SMARTS) is 4. The van der Waals surface area contributed by atoms with Gasteiger partial charge in [-0.2, -0.15) is 0 Å². The van der Waals surface area contributed by atoms with Crippen molar-refractivity contribution in [3.05, 3.63) is 106 Å². The van der Waals surface area contributed by atoms with E-state index in [2.05, 4.69) is 0 Å². The molecule has 0 aliphatic heterocycles. The Bertz CT molecular complexity index is 1600. The summed E-state index contributed by atoms with van der Waals surface area (Å²) in [5.74, 6) is -5.22. The van der Waals surface area contributed by atoms with Crippen LogP contribution in [0.5, 0.6) is 0 Å². The third-order valence-electron chi connectivity index (χ3n) is 6.44. The summed E-state index contributed by atoms with van der Waals surface area (Å²) in [6.45, 7) is 0. The summed E-state index contributed by atoms with van der Waals surface area (Å²) in [4.78, 5) is 47.2. The first-order valence-corrected chi connectivity index (χ1v) is 11.1. The van der Waals surface area contributed by atoms with E-state index in [-0.39, 0.29) is 22.3 Å². The average molecular weight is 494 g/mol. The minimum Gasteiger partial charge on any atom is -0.478 e. The second kappa shape index (κ2) is 8.76. The Balaban J connectivity index is 1.87. The number of carboxylic acids is 4. The predicted molar refractivity (Wildman–Crippen MR) is 133 cm³/mol. The standard InChI is InChI=1S/C29H18O8/c30-26(31)17-7-15(8-18(11-17)27(32)33)22-5-6-23-21-4-2-1-3-14(21)13-24(23)25(22)16-9-19(28(34)35)12-20(10-16)29(36)37/h1-12H,13H2,(H,30,31)(H,32,33)(H,34,35)(H,36,37). The molecule has 4 aromatic carbocycles. The summed E-state index contributed by atoms with van der Waals surface area (Å²) in [7, 11) is 0. The molecule has 0 atom stereocenters. The van der Waals surface area contributed by atoms with E-state index in [9.17, 15) is 39.6 Å². The van der Waals surface area contributed by atoms with Gasteiger partial charge in [0, 0.05) is 0 Å². The van der Waals surface area contributed by atoms with Gasteiger partial charge in [0.2, 0.25) is 0 Å². The van der Waals surface area contributed by atoms with E-state index < -0.39 is 23.9 Å². The Morgan fingerprint density at radius 3 is 1.49 bits per heavy atom. The minimum atomic E-state index is -1.31. The van der Waals surface area contributed by atoms with Gasteiger partial charge in [0.25, 0.3) is 0 Å². The molecule has 0 radical (unpaired) electrons. The maximum atomic E-state index is 11.8. The molecule has 182 valence electrons. The Hall–Kier alpha value is -5.24.